The van der Waals surface area contributed by atoms with E-state index in [1.807, 2.05) is 31.4 Å². The van der Waals surface area contributed by atoms with Gasteiger partial charge < -0.3 is 10.3 Å². The average Bonchev–Trinajstić information content (AvgIpc) is 2.83. The van der Waals surface area contributed by atoms with Gasteiger partial charge in [-0.3, -0.25) is 4.72 Å². The molecule has 3 rings (SSSR count). The average molecular weight is 350 g/mol. The summed E-state index contributed by atoms with van der Waals surface area (Å²) in [7, 11) is 1.90. The fourth-order valence-electron chi connectivity index (χ4n) is 1.91. The number of aromatic nitrogens is 3. The van der Waals surface area contributed by atoms with E-state index in [0.29, 0.717) is 0 Å². The highest BCUT2D eigenvalue weighted by Gasteiger charge is 2.09. The molecule has 0 spiro atoms. The maximum atomic E-state index is 4.32. The van der Waals surface area contributed by atoms with Crippen LogP contribution >= 0.6 is 27.9 Å². The Balaban J connectivity index is 1.97. The highest BCUT2D eigenvalue weighted by molar-refractivity contribution is 9.10. The summed E-state index contributed by atoms with van der Waals surface area (Å²) in [6.07, 6.45) is 3.40. The molecule has 3 N–H and O–H groups in total. The lowest BCUT2D eigenvalue weighted by atomic mass is 10.3. The van der Waals surface area contributed by atoms with Gasteiger partial charge in [0.1, 0.15) is 17.8 Å². The highest BCUT2D eigenvalue weighted by atomic mass is 79.9. The van der Waals surface area contributed by atoms with Gasteiger partial charge in [-0.1, -0.05) is 6.07 Å². The van der Waals surface area contributed by atoms with Crippen molar-refractivity contribution in [2.24, 2.45) is 0 Å². The smallest absolute Gasteiger partial charge is 0.144 e. The predicted molar refractivity (Wildman–Crippen MR) is 86.2 cm³/mol. The molecule has 0 radical (unpaired) electrons. The minimum atomic E-state index is 0.773. The van der Waals surface area contributed by atoms with E-state index < -0.39 is 0 Å². The number of aromatic amines is 1. The molecule has 0 saturated carbocycles. The fourth-order valence-corrected chi connectivity index (χ4v) is 2.97. The van der Waals surface area contributed by atoms with Crippen molar-refractivity contribution in [3.8, 4) is 0 Å². The molecular weight excluding hydrogens is 338 g/mol. The Labute approximate surface area is 128 Å². The summed E-state index contributed by atoms with van der Waals surface area (Å²) in [5.41, 5.74) is 1.79. The Hall–Kier alpha value is -1.57. The van der Waals surface area contributed by atoms with Gasteiger partial charge in [0.15, 0.2) is 0 Å². The summed E-state index contributed by atoms with van der Waals surface area (Å²) in [6, 6.07) is 8.13. The van der Waals surface area contributed by atoms with E-state index in [2.05, 4.69) is 47.0 Å². The van der Waals surface area contributed by atoms with Crippen LogP contribution in [-0.2, 0) is 0 Å². The molecule has 3 aromatic rings. The Morgan fingerprint density at radius 1 is 1.30 bits per heavy atom. The topological polar surface area (TPSA) is 65.6 Å². The van der Waals surface area contributed by atoms with Crippen LogP contribution in [0.4, 0.5) is 11.5 Å². The minimum absolute atomic E-state index is 0.773. The van der Waals surface area contributed by atoms with Crippen LogP contribution in [0, 0.1) is 0 Å². The van der Waals surface area contributed by atoms with Crippen LogP contribution in [-0.4, -0.2) is 22.0 Å². The molecule has 2 heterocycles. The van der Waals surface area contributed by atoms with Gasteiger partial charge in [0.25, 0.3) is 0 Å². The van der Waals surface area contributed by atoms with Crippen LogP contribution in [0.15, 0.2) is 46.2 Å². The van der Waals surface area contributed by atoms with Gasteiger partial charge in [-0.25, -0.2) is 9.97 Å². The summed E-state index contributed by atoms with van der Waals surface area (Å²) in [5.74, 6) is 0.773. The van der Waals surface area contributed by atoms with E-state index in [0.717, 1.165) is 31.9 Å². The Kier molecular flexibility index (Phi) is 3.90. The van der Waals surface area contributed by atoms with Crippen molar-refractivity contribution < 1.29 is 0 Å². The summed E-state index contributed by atoms with van der Waals surface area (Å²) in [5, 5.41) is 4.27. The number of fused-ring (bicyclic) bond motifs is 1. The van der Waals surface area contributed by atoms with E-state index in [9.17, 15) is 0 Å². The molecular formula is C13H12BrN5S. The normalized spacial score (nSPS) is 10.9. The first-order valence-corrected chi connectivity index (χ1v) is 7.57. The van der Waals surface area contributed by atoms with Crippen LogP contribution in [0.3, 0.4) is 0 Å². The zero-order valence-corrected chi connectivity index (χ0v) is 13.0. The van der Waals surface area contributed by atoms with Crippen LogP contribution in [0.1, 0.15) is 0 Å². The van der Waals surface area contributed by atoms with E-state index in [-0.39, 0.29) is 0 Å². The number of nitrogens with one attached hydrogen (secondary N) is 3. The van der Waals surface area contributed by atoms with Gasteiger partial charge in [-0.15, -0.1) is 0 Å². The lowest BCUT2D eigenvalue weighted by molar-refractivity contribution is 1.20. The minimum Gasteiger partial charge on any atom is -0.345 e. The zero-order valence-electron chi connectivity index (χ0n) is 10.6. The van der Waals surface area contributed by atoms with E-state index in [4.69, 9.17) is 0 Å². The molecule has 0 fully saturated rings. The number of hydrogen-bond acceptors (Lipinski definition) is 5. The molecule has 0 unspecified atom stereocenters. The Bertz CT molecular complexity index is 742. The molecule has 0 amide bonds. The molecule has 5 nitrogen and oxygen atoms in total. The molecule has 0 atom stereocenters. The molecule has 20 heavy (non-hydrogen) atoms. The van der Waals surface area contributed by atoms with Crippen molar-refractivity contribution in [2.75, 3.05) is 12.4 Å². The van der Waals surface area contributed by atoms with Crippen LogP contribution in [0.5, 0.6) is 0 Å². The van der Waals surface area contributed by atoms with Crippen LogP contribution in [0.2, 0.25) is 0 Å². The first-order valence-electron chi connectivity index (χ1n) is 5.96. The standard InChI is InChI=1S/C13H12BrN5S/c1-15-20-9-4-2-3-8(5-9)19-13-11-10(14)6-16-12(11)17-7-18-13/h2-7,15H,1H3,(H2,16,17,18,19). The van der Waals surface area contributed by atoms with E-state index in [1.165, 1.54) is 0 Å². The molecule has 0 saturated heterocycles. The first kappa shape index (κ1) is 13.4. The Morgan fingerprint density at radius 3 is 3.05 bits per heavy atom. The number of halogens is 1. The first-order chi connectivity index (χ1) is 9.78. The molecule has 1 aromatic carbocycles. The largest absolute Gasteiger partial charge is 0.345 e. The third-order valence-electron chi connectivity index (χ3n) is 2.74. The molecule has 102 valence electrons. The van der Waals surface area contributed by atoms with E-state index in [1.54, 1.807) is 18.3 Å². The molecule has 0 aliphatic rings. The number of rotatable bonds is 4. The van der Waals surface area contributed by atoms with Crippen LogP contribution in [0.25, 0.3) is 11.0 Å². The predicted octanol–water partition coefficient (Wildman–Crippen LogP) is 3.69. The zero-order chi connectivity index (χ0) is 13.9. The summed E-state index contributed by atoms with van der Waals surface area (Å²) >= 11 is 5.08. The summed E-state index contributed by atoms with van der Waals surface area (Å²) in [4.78, 5) is 12.7. The third-order valence-corrected chi connectivity index (χ3v) is 4.06. The number of H-pyrrole nitrogens is 1. The number of anilines is 2. The summed E-state index contributed by atoms with van der Waals surface area (Å²) in [6.45, 7) is 0. The molecule has 0 aliphatic carbocycles. The van der Waals surface area contributed by atoms with Gasteiger partial charge in [-0.2, -0.15) is 0 Å². The van der Waals surface area contributed by atoms with Gasteiger partial charge in [0.2, 0.25) is 0 Å². The SMILES string of the molecule is CNSc1cccc(Nc2ncnc3[nH]cc(Br)c23)c1. The van der Waals surface area contributed by atoms with Gasteiger partial charge in [-0.05, 0) is 53.1 Å². The second kappa shape index (κ2) is 5.82. The van der Waals surface area contributed by atoms with E-state index >= 15 is 0 Å². The third kappa shape index (κ3) is 2.65. The lowest BCUT2D eigenvalue weighted by Crippen LogP contribution is -1.96. The molecule has 2 aromatic heterocycles. The molecule has 0 aliphatic heterocycles. The molecule has 7 heteroatoms. The second-order valence-electron chi connectivity index (χ2n) is 4.04. The number of nitrogens with zero attached hydrogens (tertiary/aromatic N) is 2. The number of hydrogen-bond donors (Lipinski definition) is 3. The van der Waals surface area contributed by atoms with Crippen LogP contribution < -0.4 is 10.0 Å². The van der Waals surface area contributed by atoms with Gasteiger partial charge in [0.05, 0.1) is 5.39 Å². The van der Waals surface area contributed by atoms with Crippen molar-refractivity contribution in [3.05, 3.63) is 41.3 Å². The van der Waals surface area contributed by atoms with Crippen molar-refractivity contribution >= 4 is 50.4 Å². The lowest BCUT2D eigenvalue weighted by Gasteiger charge is -2.08. The maximum absolute atomic E-state index is 4.32. The molecule has 0 bridgehead atoms. The van der Waals surface area contributed by atoms with Crippen molar-refractivity contribution in [3.63, 3.8) is 0 Å². The monoisotopic (exact) mass is 349 g/mol. The van der Waals surface area contributed by atoms with Crippen molar-refractivity contribution in [1.29, 1.82) is 0 Å². The highest BCUT2D eigenvalue weighted by Crippen LogP contribution is 2.30. The van der Waals surface area contributed by atoms with Crippen molar-refractivity contribution in [2.45, 2.75) is 4.90 Å². The van der Waals surface area contributed by atoms with Gasteiger partial charge >= 0.3 is 0 Å². The summed E-state index contributed by atoms with van der Waals surface area (Å²) < 4.78 is 4.00. The maximum Gasteiger partial charge on any atom is 0.144 e. The van der Waals surface area contributed by atoms with Crippen molar-refractivity contribution in [1.82, 2.24) is 19.7 Å². The van der Waals surface area contributed by atoms with Gasteiger partial charge in [0, 0.05) is 21.3 Å². The fraction of sp³-hybridized carbons (Fsp3) is 0.0769. The second-order valence-corrected chi connectivity index (χ2v) is 5.98. The number of benzene rings is 1. The Morgan fingerprint density at radius 2 is 2.20 bits per heavy atom. The quantitative estimate of drug-likeness (QED) is 0.627.